The number of halogens is 1. The van der Waals surface area contributed by atoms with Gasteiger partial charge >= 0.3 is 0 Å². The van der Waals surface area contributed by atoms with E-state index in [-0.39, 0.29) is 11.5 Å². The van der Waals surface area contributed by atoms with Crippen LogP contribution in [0, 0.1) is 0 Å². The van der Waals surface area contributed by atoms with Crippen LogP contribution in [0.5, 0.6) is 0 Å². The highest BCUT2D eigenvalue weighted by molar-refractivity contribution is 9.10. The van der Waals surface area contributed by atoms with Crippen molar-refractivity contribution in [1.29, 1.82) is 0 Å². The number of aromatic nitrogens is 3. The monoisotopic (exact) mass is 299 g/mol. The molecule has 0 aliphatic rings. The molecule has 0 radical (unpaired) electrons. The van der Waals surface area contributed by atoms with Crippen molar-refractivity contribution in [3.05, 3.63) is 31.4 Å². The summed E-state index contributed by atoms with van der Waals surface area (Å²) < 4.78 is 0.501. The Bertz CT molecular complexity index is 548. The second-order valence-electron chi connectivity index (χ2n) is 3.64. The fourth-order valence-electron chi connectivity index (χ4n) is 1.31. The van der Waals surface area contributed by atoms with Crippen molar-refractivity contribution in [2.24, 2.45) is 0 Å². The van der Waals surface area contributed by atoms with Crippen molar-refractivity contribution in [1.82, 2.24) is 15.0 Å². The maximum atomic E-state index is 11.7. The van der Waals surface area contributed by atoms with Gasteiger partial charge in [0, 0.05) is 5.38 Å². The highest BCUT2D eigenvalue weighted by Crippen LogP contribution is 2.22. The van der Waals surface area contributed by atoms with Gasteiger partial charge in [-0.1, -0.05) is 13.8 Å². The Morgan fingerprint density at radius 1 is 1.50 bits per heavy atom. The van der Waals surface area contributed by atoms with Crippen LogP contribution in [0.1, 0.15) is 25.5 Å². The van der Waals surface area contributed by atoms with Crippen LogP contribution < -0.4 is 5.56 Å². The van der Waals surface area contributed by atoms with Gasteiger partial charge in [-0.05, 0) is 21.8 Å². The van der Waals surface area contributed by atoms with Crippen LogP contribution in [0.4, 0.5) is 0 Å². The standard InChI is InChI=1S/C10H10BrN3OS/c1-5(2)8-7(11)10(15)14-9(13-8)6-3-16-4-12-6/h3-5H,1-2H3,(H,13,14,15). The molecule has 84 valence electrons. The van der Waals surface area contributed by atoms with E-state index >= 15 is 0 Å². The maximum absolute atomic E-state index is 11.7. The molecule has 0 fully saturated rings. The smallest absolute Gasteiger partial charge is 0.265 e. The van der Waals surface area contributed by atoms with Crippen LogP contribution >= 0.6 is 27.3 Å². The van der Waals surface area contributed by atoms with E-state index < -0.39 is 0 Å². The summed E-state index contributed by atoms with van der Waals surface area (Å²) in [5.41, 5.74) is 3.01. The molecule has 1 N–H and O–H groups in total. The lowest BCUT2D eigenvalue weighted by Gasteiger charge is -2.07. The quantitative estimate of drug-likeness (QED) is 0.927. The summed E-state index contributed by atoms with van der Waals surface area (Å²) in [6.07, 6.45) is 0. The number of aromatic amines is 1. The first kappa shape index (κ1) is 11.5. The van der Waals surface area contributed by atoms with Gasteiger partial charge in [0.15, 0.2) is 5.82 Å². The van der Waals surface area contributed by atoms with E-state index in [1.54, 1.807) is 5.51 Å². The second kappa shape index (κ2) is 4.47. The van der Waals surface area contributed by atoms with Crippen LogP contribution in [-0.4, -0.2) is 15.0 Å². The first-order chi connectivity index (χ1) is 7.59. The SMILES string of the molecule is CC(C)c1nc(-c2cscn2)[nH]c(=O)c1Br. The van der Waals surface area contributed by atoms with Crippen molar-refractivity contribution >= 4 is 27.3 Å². The van der Waals surface area contributed by atoms with Gasteiger partial charge in [0.25, 0.3) is 5.56 Å². The van der Waals surface area contributed by atoms with Gasteiger partial charge in [-0.15, -0.1) is 11.3 Å². The van der Waals surface area contributed by atoms with Gasteiger partial charge in [-0.2, -0.15) is 0 Å². The highest BCUT2D eigenvalue weighted by atomic mass is 79.9. The summed E-state index contributed by atoms with van der Waals surface area (Å²) in [5.74, 6) is 0.715. The van der Waals surface area contributed by atoms with Crippen molar-refractivity contribution in [3.8, 4) is 11.5 Å². The molecule has 0 aliphatic heterocycles. The normalized spacial score (nSPS) is 11.0. The largest absolute Gasteiger partial charge is 0.304 e. The van der Waals surface area contributed by atoms with Crippen molar-refractivity contribution in [3.63, 3.8) is 0 Å². The minimum absolute atomic E-state index is 0.165. The summed E-state index contributed by atoms with van der Waals surface area (Å²) in [4.78, 5) is 22.9. The molecular weight excluding hydrogens is 290 g/mol. The Morgan fingerprint density at radius 2 is 2.25 bits per heavy atom. The van der Waals surface area contributed by atoms with Gasteiger partial charge in [0.1, 0.15) is 10.2 Å². The lowest BCUT2D eigenvalue weighted by atomic mass is 10.1. The lowest BCUT2D eigenvalue weighted by molar-refractivity contribution is 0.802. The minimum atomic E-state index is -0.165. The molecule has 2 rings (SSSR count). The molecule has 6 heteroatoms. The fourth-order valence-corrected chi connectivity index (χ4v) is 2.49. The maximum Gasteiger partial charge on any atom is 0.265 e. The summed E-state index contributed by atoms with van der Waals surface area (Å²) in [6, 6.07) is 0. The van der Waals surface area contributed by atoms with E-state index in [9.17, 15) is 4.79 Å². The number of thiazole rings is 1. The molecule has 0 saturated heterocycles. The molecule has 0 bridgehead atoms. The Hall–Kier alpha value is -1.01. The highest BCUT2D eigenvalue weighted by Gasteiger charge is 2.13. The molecule has 0 atom stereocenters. The zero-order chi connectivity index (χ0) is 11.7. The van der Waals surface area contributed by atoms with E-state index in [4.69, 9.17) is 0 Å². The van der Waals surface area contributed by atoms with Gasteiger partial charge in [0.2, 0.25) is 0 Å². The fraction of sp³-hybridized carbons (Fsp3) is 0.300. The first-order valence-electron chi connectivity index (χ1n) is 4.78. The average Bonchev–Trinajstić information content (AvgIpc) is 2.74. The Kier molecular flexibility index (Phi) is 3.20. The van der Waals surface area contributed by atoms with Crippen LogP contribution in [0.15, 0.2) is 20.2 Å². The third-order valence-electron chi connectivity index (χ3n) is 2.11. The van der Waals surface area contributed by atoms with Gasteiger partial charge in [0.05, 0.1) is 11.2 Å². The Morgan fingerprint density at radius 3 is 2.81 bits per heavy atom. The molecule has 2 aromatic rings. The summed E-state index contributed by atoms with van der Waals surface area (Å²) in [5, 5.41) is 1.86. The molecule has 16 heavy (non-hydrogen) atoms. The van der Waals surface area contributed by atoms with Crippen molar-refractivity contribution in [2.75, 3.05) is 0 Å². The number of hydrogen-bond acceptors (Lipinski definition) is 4. The van der Waals surface area contributed by atoms with E-state index in [0.717, 1.165) is 5.69 Å². The Balaban J connectivity index is 2.62. The van der Waals surface area contributed by atoms with Crippen LogP contribution in [0.2, 0.25) is 0 Å². The minimum Gasteiger partial charge on any atom is -0.304 e. The summed E-state index contributed by atoms with van der Waals surface area (Å²) >= 11 is 4.73. The van der Waals surface area contributed by atoms with Crippen LogP contribution in [0.25, 0.3) is 11.5 Å². The third-order valence-corrected chi connectivity index (χ3v) is 3.46. The zero-order valence-corrected chi connectivity index (χ0v) is 11.2. The van der Waals surface area contributed by atoms with E-state index in [0.29, 0.717) is 16.0 Å². The number of rotatable bonds is 2. The number of nitrogens with zero attached hydrogens (tertiary/aromatic N) is 2. The second-order valence-corrected chi connectivity index (χ2v) is 5.15. The third kappa shape index (κ3) is 2.08. The summed E-state index contributed by atoms with van der Waals surface area (Å²) in [7, 11) is 0. The molecule has 0 amide bonds. The molecule has 2 aromatic heterocycles. The van der Waals surface area contributed by atoms with E-state index in [1.807, 2.05) is 19.2 Å². The predicted molar refractivity (Wildman–Crippen MR) is 67.8 cm³/mol. The molecule has 0 aromatic carbocycles. The number of hydrogen-bond donors (Lipinski definition) is 1. The van der Waals surface area contributed by atoms with Gasteiger partial charge in [-0.3, -0.25) is 4.79 Å². The lowest BCUT2D eigenvalue weighted by Crippen LogP contribution is -2.14. The number of nitrogens with one attached hydrogen (secondary N) is 1. The first-order valence-corrected chi connectivity index (χ1v) is 6.51. The molecular formula is C10H10BrN3OS. The summed E-state index contributed by atoms with van der Waals surface area (Å²) in [6.45, 7) is 3.99. The average molecular weight is 300 g/mol. The molecule has 0 saturated carbocycles. The molecule has 0 unspecified atom stereocenters. The molecule has 4 nitrogen and oxygen atoms in total. The van der Waals surface area contributed by atoms with Crippen LogP contribution in [0.3, 0.4) is 0 Å². The van der Waals surface area contributed by atoms with Gasteiger partial charge < -0.3 is 4.98 Å². The van der Waals surface area contributed by atoms with Gasteiger partial charge in [-0.25, -0.2) is 9.97 Å². The molecule has 0 aliphatic carbocycles. The zero-order valence-electron chi connectivity index (χ0n) is 8.82. The number of H-pyrrole nitrogens is 1. The topological polar surface area (TPSA) is 58.6 Å². The van der Waals surface area contributed by atoms with E-state index in [2.05, 4.69) is 30.9 Å². The Labute approximate surface area is 105 Å². The van der Waals surface area contributed by atoms with E-state index in [1.165, 1.54) is 11.3 Å². The predicted octanol–water partition coefficient (Wildman–Crippen LogP) is 2.78. The molecule has 2 heterocycles. The molecule has 0 spiro atoms. The van der Waals surface area contributed by atoms with Crippen molar-refractivity contribution < 1.29 is 0 Å². The van der Waals surface area contributed by atoms with Crippen molar-refractivity contribution in [2.45, 2.75) is 19.8 Å². The van der Waals surface area contributed by atoms with Crippen LogP contribution in [-0.2, 0) is 0 Å².